The van der Waals surface area contributed by atoms with Crippen molar-refractivity contribution >= 4 is 5.91 Å². The maximum absolute atomic E-state index is 12.1. The molecule has 0 spiro atoms. The van der Waals surface area contributed by atoms with Gasteiger partial charge in [-0.15, -0.1) is 0 Å². The first kappa shape index (κ1) is 15.0. The fourth-order valence-electron chi connectivity index (χ4n) is 2.29. The van der Waals surface area contributed by atoms with E-state index in [0.29, 0.717) is 19.6 Å². The van der Waals surface area contributed by atoms with Crippen LogP contribution in [0.2, 0.25) is 0 Å². The first-order valence-electron chi connectivity index (χ1n) is 6.94. The Kier molecular flexibility index (Phi) is 5.52. The Morgan fingerprint density at radius 1 is 1.50 bits per heavy atom. The van der Waals surface area contributed by atoms with E-state index in [9.17, 15) is 9.90 Å². The fourth-order valence-corrected chi connectivity index (χ4v) is 2.29. The number of nitrogens with one attached hydrogen (secondary N) is 1. The number of hydrogen-bond donors (Lipinski definition) is 2. The SMILES string of the molecule is CN1CCO[C@H](C(=O)N[C@H](CO)Cc2ccccc2)C1. The van der Waals surface area contributed by atoms with E-state index in [0.717, 1.165) is 12.1 Å². The predicted molar refractivity (Wildman–Crippen MR) is 76.4 cm³/mol. The molecule has 2 rings (SSSR count). The number of carbonyl (C=O) groups is 1. The third-order valence-electron chi connectivity index (χ3n) is 3.45. The molecule has 110 valence electrons. The highest BCUT2D eigenvalue weighted by Crippen LogP contribution is 2.06. The Morgan fingerprint density at radius 2 is 2.25 bits per heavy atom. The summed E-state index contributed by atoms with van der Waals surface area (Å²) in [5.74, 6) is -0.147. The highest BCUT2D eigenvalue weighted by Gasteiger charge is 2.26. The van der Waals surface area contributed by atoms with Crippen LogP contribution in [0.25, 0.3) is 0 Å². The molecule has 2 atom stereocenters. The summed E-state index contributed by atoms with van der Waals surface area (Å²) in [6.07, 6.45) is 0.171. The van der Waals surface area contributed by atoms with E-state index < -0.39 is 6.10 Å². The van der Waals surface area contributed by atoms with Gasteiger partial charge in [-0.1, -0.05) is 30.3 Å². The first-order valence-corrected chi connectivity index (χ1v) is 6.94. The quantitative estimate of drug-likeness (QED) is 0.798. The lowest BCUT2D eigenvalue weighted by atomic mass is 10.1. The first-order chi connectivity index (χ1) is 9.69. The lowest BCUT2D eigenvalue weighted by molar-refractivity contribution is -0.138. The number of aliphatic hydroxyl groups excluding tert-OH is 1. The van der Waals surface area contributed by atoms with Gasteiger partial charge in [-0.3, -0.25) is 4.79 Å². The molecule has 1 heterocycles. The summed E-state index contributed by atoms with van der Waals surface area (Å²) in [5, 5.41) is 12.3. The van der Waals surface area contributed by atoms with Crippen molar-refractivity contribution in [3.8, 4) is 0 Å². The minimum Gasteiger partial charge on any atom is -0.394 e. The summed E-state index contributed by atoms with van der Waals surface area (Å²) in [4.78, 5) is 14.2. The van der Waals surface area contributed by atoms with E-state index in [1.165, 1.54) is 0 Å². The Bertz CT molecular complexity index is 424. The van der Waals surface area contributed by atoms with Crippen molar-refractivity contribution in [2.75, 3.05) is 33.4 Å². The third kappa shape index (κ3) is 4.30. The minimum absolute atomic E-state index is 0.0802. The molecule has 0 saturated carbocycles. The lowest BCUT2D eigenvalue weighted by Gasteiger charge is -2.30. The van der Waals surface area contributed by atoms with Gasteiger partial charge in [0.2, 0.25) is 0 Å². The molecule has 0 radical (unpaired) electrons. The predicted octanol–water partition coefficient (Wildman–Crippen LogP) is 0.0368. The molecular formula is C15H22N2O3. The number of benzene rings is 1. The Hall–Kier alpha value is -1.43. The van der Waals surface area contributed by atoms with E-state index in [1.54, 1.807) is 0 Å². The van der Waals surface area contributed by atoms with Crippen molar-refractivity contribution in [2.45, 2.75) is 18.6 Å². The number of carbonyl (C=O) groups excluding carboxylic acids is 1. The molecular weight excluding hydrogens is 256 g/mol. The van der Waals surface area contributed by atoms with Gasteiger partial charge in [-0.2, -0.15) is 0 Å². The van der Waals surface area contributed by atoms with Crippen LogP contribution in [-0.4, -0.2) is 61.4 Å². The van der Waals surface area contributed by atoms with Gasteiger partial charge in [-0.05, 0) is 19.0 Å². The van der Waals surface area contributed by atoms with Gasteiger partial charge in [0.1, 0.15) is 6.10 Å². The lowest BCUT2D eigenvalue weighted by Crippen LogP contribution is -2.51. The van der Waals surface area contributed by atoms with Crippen LogP contribution in [0.4, 0.5) is 0 Å². The van der Waals surface area contributed by atoms with E-state index in [2.05, 4.69) is 10.2 Å². The van der Waals surface area contributed by atoms with Crippen LogP contribution >= 0.6 is 0 Å². The van der Waals surface area contributed by atoms with Crippen LogP contribution < -0.4 is 5.32 Å². The molecule has 20 heavy (non-hydrogen) atoms. The van der Waals surface area contributed by atoms with E-state index in [-0.39, 0.29) is 18.6 Å². The van der Waals surface area contributed by atoms with E-state index >= 15 is 0 Å². The third-order valence-corrected chi connectivity index (χ3v) is 3.45. The Labute approximate surface area is 119 Å². The number of likely N-dealkylation sites (N-methyl/N-ethyl adjacent to an activating group) is 1. The van der Waals surface area contributed by atoms with Crippen molar-refractivity contribution in [2.24, 2.45) is 0 Å². The van der Waals surface area contributed by atoms with Crippen molar-refractivity contribution in [3.63, 3.8) is 0 Å². The van der Waals surface area contributed by atoms with Crippen LogP contribution in [0.3, 0.4) is 0 Å². The van der Waals surface area contributed by atoms with Crippen LogP contribution in [0.1, 0.15) is 5.56 Å². The average Bonchev–Trinajstić information content (AvgIpc) is 2.47. The molecule has 1 saturated heterocycles. The summed E-state index contributed by atoms with van der Waals surface area (Å²) in [6.45, 7) is 1.92. The molecule has 0 unspecified atom stereocenters. The van der Waals surface area contributed by atoms with Gasteiger partial charge in [0.25, 0.3) is 5.91 Å². The summed E-state index contributed by atoms with van der Waals surface area (Å²) in [6, 6.07) is 9.54. The van der Waals surface area contributed by atoms with E-state index in [4.69, 9.17) is 4.74 Å². The topological polar surface area (TPSA) is 61.8 Å². The van der Waals surface area contributed by atoms with Gasteiger partial charge in [0, 0.05) is 13.1 Å². The fraction of sp³-hybridized carbons (Fsp3) is 0.533. The number of morpholine rings is 1. The second kappa shape index (κ2) is 7.38. The van der Waals surface area contributed by atoms with Gasteiger partial charge in [0.15, 0.2) is 0 Å². The smallest absolute Gasteiger partial charge is 0.250 e. The summed E-state index contributed by atoms with van der Waals surface area (Å²) in [5.41, 5.74) is 1.09. The van der Waals surface area contributed by atoms with E-state index in [1.807, 2.05) is 37.4 Å². The number of amides is 1. The van der Waals surface area contributed by atoms with Crippen LogP contribution in [0.15, 0.2) is 30.3 Å². The van der Waals surface area contributed by atoms with Crippen molar-refractivity contribution in [3.05, 3.63) is 35.9 Å². The Morgan fingerprint density at radius 3 is 2.90 bits per heavy atom. The number of nitrogens with zero attached hydrogens (tertiary/aromatic N) is 1. The second-order valence-electron chi connectivity index (χ2n) is 5.20. The molecule has 0 aliphatic carbocycles. The van der Waals surface area contributed by atoms with Crippen molar-refractivity contribution in [1.29, 1.82) is 0 Å². The number of hydrogen-bond acceptors (Lipinski definition) is 4. The van der Waals surface area contributed by atoms with Gasteiger partial charge in [0.05, 0.1) is 19.3 Å². The van der Waals surface area contributed by atoms with Crippen LogP contribution in [-0.2, 0) is 16.0 Å². The molecule has 0 bridgehead atoms. The minimum atomic E-state index is -0.446. The number of ether oxygens (including phenoxy) is 1. The molecule has 1 amide bonds. The summed E-state index contributed by atoms with van der Waals surface area (Å²) in [7, 11) is 1.97. The molecule has 1 aromatic carbocycles. The summed E-state index contributed by atoms with van der Waals surface area (Å²) < 4.78 is 5.47. The normalized spacial score (nSPS) is 21.4. The molecule has 1 fully saturated rings. The highest BCUT2D eigenvalue weighted by atomic mass is 16.5. The maximum atomic E-state index is 12.1. The van der Waals surface area contributed by atoms with Gasteiger partial charge < -0.3 is 20.1 Å². The van der Waals surface area contributed by atoms with Crippen LogP contribution in [0, 0.1) is 0 Å². The van der Waals surface area contributed by atoms with Crippen LogP contribution in [0.5, 0.6) is 0 Å². The molecule has 0 aromatic heterocycles. The molecule has 5 nitrogen and oxygen atoms in total. The number of rotatable bonds is 5. The van der Waals surface area contributed by atoms with Crippen molar-refractivity contribution < 1.29 is 14.6 Å². The molecule has 1 aromatic rings. The molecule has 1 aliphatic heterocycles. The van der Waals surface area contributed by atoms with Gasteiger partial charge in [-0.25, -0.2) is 0 Å². The van der Waals surface area contributed by atoms with Crippen molar-refractivity contribution in [1.82, 2.24) is 10.2 Å². The number of aliphatic hydroxyl groups is 1. The second-order valence-corrected chi connectivity index (χ2v) is 5.20. The maximum Gasteiger partial charge on any atom is 0.250 e. The average molecular weight is 278 g/mol. The molecule has 2 N–H and O–H groups in total. The Balaban J connectivity index is 1.87. The molecule has 1 aliphatic rings. The zero-order chi connectivity index (χ0) is 14.4. The molecule has 5 heteroatoms. The summed E-state index contributed by atoms with van der Waals surface area (Å²) >= 11 is 0. The standard InChI is InChI=1S/C15H22N2O3/c1-17-7-8-20-14(10-17)15(19)16-13(11-18)9-12-5-3-2-4-6-12/h2-6,13-14,18H,7-11H2,1H3,(H,16,19)/t13-,14-/m0/s1. The highest BCUT2D eigenvalue weighted by molar-refractivity contribution is 5.81. The zero-order valence-electron chi connectivity index (χ0n) is 11.8. The largest absolute Gasteiger partial charge is 0.394 e. The zero-order valence-corrected chi connectivity index (χ0v) is 11.8. The van der Waals surface area contributed by atoms with Gasteiger partial charge >= 0.3 is 0 Å². The monoisotopic (exact) mass is 278 g/mol.